The van der Waals surface area contributed by atoms with E-state index in [0.717, 1.165) is 11.8 Å². The zero-order valence-electron chi connectivity index (χ0n) is 17.5. The summed E-state index contributed by atoms with van der Waals surface area (Å²) in [6.45, 7) is 3.19. The monoisotopic (exact) mass is 420 g/mol. The molecule has 2 N–H and O–H groups in total. The quantitative estimate of drug-likeness (QED) is 0.452. The highest BCUT2D eigenvalue weighted by atomic mass is 16.5. The predicted octanol–water partition coefficient (Wildman–Crippen LogP) is 3.53. The van der Waals surface area contributed by atoms with Crippen molar-refractivity contribution in [2.45, 2.75) is 19.9 Å². The Bertz CT molecular complexity index is 1280. The van der Waals surface area contributed by atoms with Crippen LogP contribution in [-0.4, -0.2) is 41.0 Å². The summed E-state index contributed by atoms with van der Waals surface area (Å²) in [6.07, 6.45) is 0.850. The SMILES string of the molecule is CCCN(CC(=O)Nc1ccccc1OC)Cc1nc2c(oc3ccccc32)c(=O)[nH]1. The van der Waals surface area contributed by atoms with Crippen LogP contribution in [0.25, 0.3) is 22.1 Å². The number of nitrogens with one attached hydrogen (secondary N) is 2. The van der Waals surface area contributed by atoms with Crippen LogP contribution in [-0.2, 0) is 11.3 Å². The van der Waals surface area contributed by atoms with E-state index >= 15 is 0 Å². The molecule has 8 heteroatoms. The van der Waals surface area contributed by atoms with Gasteiger partial charge in [0.1, 0.15) is 22.7 Å². The van der Waals surface area contributed by atoms with Gasteiger partial charge in [-0.2, -0.15) is 0 Å². The molecular formula is C23H24N4O4. The number of fused-ring (bicyclic) bond motifs is 3. The van der Waals surface area contributed by atoms with E-state index in [0.29, 0.717) is 41.5 Å². The van der Waals surface area contributed by atoms with Crippen LogP contribution >= 0.6 is 0 Å². The largest absolute Gasteiger partial charge is 0.495 e. The van der Waals surface area contributed by atoms with Crippen molar-refractivity contribution >= 4 is 33.7 Å². The van der Waals surface area contributed by atoms with Crippen LogP contribution in [0.5, 0.6) is 5.75 Å². The number of rotatable bonds is 8. The fourth-order valence-corrected chi connectivity index (χ4v) is 3.61. The molecule has 0 saturated heterocycles. The molecule has 0 spiro atoms. The molecule has 0 aliphatic carbocycles. The summed E-state index contributed by atoms with van der Waals surface area (Å²) in [7, 11) is 1.56. The Kier molecular flexibility index (Phi) is 5.99. The predicted molar refractivity (Wildman–Crippen MR) is 119 cm³/mol. The van der Waals surface area contributed by atoms with Crippen molar-refractivity contribution in [2.75, 3.05) is 25.5 Å². The standard InChI is InChI=1S/C23H24N4O4/c1-3-12-27(14-20(28)24-16-9-5-7-11-18(16)30-2)13-19-25-21-15-8-4-6-10-17(15)31-22(21)23(29)26-19/h4-11H,3,12-14H2,1-2H3,(H,24,28)(H,25,26,29). The molecule has 0 aliphatic heterocycles. The first-order valence-corrected chi connectivity index (χ1v) is 10.1. The summed E-state index contributed by atoms with van der Waals surface area (Å²) in [6, 6.07) is 14.7. The first-order valence-electron chi connectivity index (χ1n) is 10.1. The van der Waals surface area contributed by atoms with E-state index in [9.17, 15) is 9.59 Å². The Balaban J connectivity index is 1.55. The van der Waals surface area contributed by atoms with Crippen molar-refractivity contribution in [2.24, 2.45) is 0 Å². The zero-order chi connectivity index (χ0) is 21.8. The second-order valence-corrected chi connectivity index (χ2v) is 7.25. The van der Waals surface area contributed by atoms with Crippen LogP contribution in [0.3, 0.4) is 0 Å². The maximum Gasteiger partial charge on any atom is 0.294 e. The average molecular weight is 420 g/mol. The average Bonchev–Trinajstić information content (AvgIpc) is 3.14. The lowest BCUT2D eigenvalue weighted by Crippen LogP contribution is -2.34. The minimum atomic E-state index is -0.328. The summed E-state index contributed by atoms with van der Waals surface area (Å²) in [5, 5.41) is 3.68. The van der Waals surface area contributed by atoms with Crippen molar-refractivity contribution in [3.05, 3.63) is 64.7 Å². The molecule has 0 unspecified atom stereocenters. The number of para-hydroxylation sites is 3. The van der Waals surface area contributed by atoms with E-state index < -0.39 is 0 Å². The molecule has 0 aliphatic rings. The van der Waals surface area contributed by atoms with Crippen molar-refractivity contribution in [3.63, 3.8) is 0 Å². The number of carbonyl (C=O) groups is 1. The number of carbonyl (C=O) groups excluding carboxylic acids is 1. The van der Waals surface area contributed by atoms with Gasteiger partial charge in [-0.1, -0.05) is 31.2 Å². The number of aromatic amines is 1. The lowest BCUT2D eigenvalue weighted by atomic mass is 10.2. The molecular weight excluding hydrogens is 396 g/mol. The number of H-pyrrole nitrogens is 1. The van der Waals surface area contributed by atoms with Gasteiger partial charge in [-0.25, -0.2) is 4.98 Å². The van der Waals surface area contributed by atoms with E-state index in [1.54, 1.807) is 19.2 Å². The number of amides is 1. The maximum absolute atomic E-state index is 12.7. The van der Waals surface area contributed by atoms with Crippen LogP contribution in [0, 0.1) is 0 Å². The van der Waals surface area contributed by atoms with E-state index in [4.69, 9.17) is 9.15 Å². The summed E-state index contributed by atoms with van der Waals surface area (Å²) in [4.78, 5) is 34.5. The molecule has 2 aromatic heterocycles. The van der Waals surface area contributed by atoms with Gasteiger partial charge < -0.3 is 19.5 Å². The number of hydrogen-bond acceptors (Lipinski definition) is 6. The Morgan fingerprint density at radius 2 is 1.97 bits per heavy atom. The van der Waals surface area contributed by atoms with E-state index in [1.807, 2.05) is 48.2 Å². The number of anilines is 1. The third-order valence-electron chi connectivity index (χ3n) is 4.94. The zero-order valence-corrected chi connectivity index (χ0v) is 17.5. The second kappa shape index (κ2) is 9.01. The van der Waals surface area contributed by atoms with Crippen LogP contribution in [0.1, 0.15) is 19.2 Å². The number of hydrogen-bond donors (Lipinski definition) is 2. The number of methoxy groups -OCH3 is 1. The lowest BCUT2D eigenvalue weighted by molar-refractivity contribution is -0.117. The number of benzene rings is 2. The molecule has 8 nitrogen and oxygen atoms in total. The molecule has 0 radical (unpaired) electrons. The Labute approximate surface area is 178 Å². The first kappa shape index (κ1) is 20.6. The van der Waals surface area contributed by atoms with Gasteiger partial charge in [0.25, 0.3) is 5.56 Å². The second-order valence-electron chi connectivity index (χ2n) is 7.25. The first-order chi connectivity index (χ1) is 15.1. The van der Waals surface area contributed by atoms with Gasteiger partial charge in [0.05, 0.1) is 25.9 Å². The van der Waals surface area contributed by atoms with Gasteiger partial charge in [0.15, 0.2) is 0 Å². The van der Waals surface area contributed by atoms with E-state index in [-0.39, 0.29) is 23.6 Å². The van der Waals surface area contributed by atoms with Crippen molar-refractivity contribution in [3.8, 4) is 5.75 Å². The van der Waals surface area contributed by atoms with Gasteiger partial charge in [0.2, 0.25) is 11.5 Å². The Hall–Kier alpha value is -3.65. The fourth-order valence-electron chi connectivity index (χ4n) is 3.61. The van der Waals surface area contributed by atoms with Crippen LogP contribution in [0.2, 0.25) is 0 Å². The molecule has 2 heterocycles. The van der Waals surface area contributed by atoms with Crippen molar-refractivity contribution in [1.29, 1.82) is 0 Å². The molecule has 4 rings (SSSR count). The topological polar surface area (TPSA) is 100 Å². The van der Waals surface area contributed by atoms with Crippen molar-refractivity contribution in [1.82, 2.24) is 14.9 Å². The summed E-state index contributed by atoms with van der Waals surface area (Å²) < 4.78 is 10.9. The summed E-state index contributed by atoms with van der Waals surface area (Å²) in [5.74, 6) is 0.916. The highest BCUT2D eigenvalue weighted by Gasteiger charge is 2.17. The minimum absolute atomic E-state index is 0.153. The summed E-state index contributed by atoms with van der Waals surface area (Å²) in [5.41, 5.74) is 1.65. The molecule has 160 valence electrons. The highest BCUT2D eigenvalue weighted by Crippen LogP contribution is 2.25. The summed E-state index contributed by atoms with van der Waals surface area (Å²) >= 11 is 0. The van der Waals surface area contributed by atoms with Crippen LogP contribution in [0.15, 0.2) is 57.7 Å². The van der Waals surface area contributed by atoms with Crippen LogP contribution in [0.4, 0.5) is 5.69 Å². The molecule has 0 atom stereocenters. The van der Waals surface area contributed by atoms with E-state index in [1.165, 1.54) is 0 Å². The van der Waals surface area contributed by atoms with Gasteiger partial charge >= 0.3 is 0 Å². The molecule has 1 amide bonds. The van der Waals surface area contributed by atoms with Crippen molar-refractivity contribution < 1.29 is 13.9 Å². The van der Waals surface area contributed by atoms with Crippen LogP contribution < -0.4 is 15.6 Å². The minimum Gasteiger partial charge on any atom is -0.495 e. The number of furan rings is 1. The smallest absolute Gasteiger partial charge is 0.294 e. The van der Waals surface area contributed by atoms with Gasteiger partial charge in [-0.05, 0) is 37.2 Å². The Morgan fingerprint density at radius 3 is 2.77 bits per heavy atom. The molecule has 31 heavy (non-hydrogen) atoms. The molecule has 0 bridgehead atoms. The third-order valence-corrected chi connectivity index (χ3v) is 4.94. The lowest BCUT2D eigenvalue weighted by Gasteiger charge is -2.20. The van der Waals surface area contributed by atoms with Gasteiger partial charge in [-0.15, -0.1) is 0 Å². The molecule has 0 saturated carbocycles. The highest BCUT2D eigenvalue weighted by molar-refractivity contribution is 6.01. The maximum atomic E-state index is 12.7. The van der Waals surface area contributed by atoms with Gasteiger partial charge in [0, 0.05) is 5.39 Å². The number of nitrogens with zero attached hydrogens (tertiary/aromatic N) is 2. The fraction of sp³-hybridized carbons (Fsp3) is 0.261. The van der Waals surface area contributed by atoms with Gasteiger partial charge in [-0.3, -0.25) is 14.5 Å². The molecule has 4 aromatic rings. The third kappa shape index (κ3) is 4.44. The normalized spacial score (nSPS) is 11.3. The Morgan fingerprint density at radius 1 is 1.19 bits per heavy atom. The number of aromatic nitrogens is 2. The molecule has 0 fully saturated rings. The number of ether oxygens (including phenoxy) is 1. The molecule has 2 aromatic carbocycles. The van der Waals surface area contributed by atoms with E-state index in [2.05, 4.69) is 15.3 Å².